The molecule has 0 bridgehead atoms. The molecule has 0 radical (unpaired) electrons. The van der Waals surface area contributed by atoms with E-state index in [1.54, 1.807) is 0 Å². The second-order valence-electron chi connectivity index (χ2n) is 10.7. The van der Waals surface area contributed by atoms with Gasteiger partial charge in [-0.15, -0.1) is 0 Å². The van der Waals surface area contributed by atoms with E-state index in [0.29, 0.717) is 23.7 Å². The molecule has 0 aliphatic heterocycles. The van der Waals surface area contributed by atoms with Crippen molar-refractivity contribution in [2.45, 2.75) is 90.6 Å². The smallest absolute Gasteiger partial charge is 0.132 e. The Morgan fingerprint density at radius 1 is 0.692 bits per heavy atom. The van der Waals surface area contributed by atoms with E-state index in [0.717, 1.165) is 11.1 Å². The second kappa shape index (κ2) is 7.55. The number of rotatable bonds is 6. The summed E-state index contributed by atoms with van der Waals surface area (Å²) in [6.45, 7) is 21.7. The third-order valence-corrected chi connectivity index (χ3v) is 17.6. The molecular weight excluding hydrogens is 352 g/mol. The Labute approximate surface area is 162 Å². The van der Waals surface area contributed by atoms with E-state index >= 15 is 0 Å². The molecule has 1 aromatic carbocycles. The fourth-order valence-corrected chi connectivity index (χ4v) is 5.46. The zero-order chi connectivity index (χ0) is 20.6. The van der Waals surface area contributed by atoms with Gasteiger partial charge in [0.1, 0.15) is 27.0 Å². The Bertz CT molecular complexity index is 615. The van der Waals surface area contributed by atoms with E-state index in [9.17, 15) is 9.59 Å². The number of hydrogen-bond acceptors (Lipinski definition) is 2. The van der Waals surface area contributed by atoms with Gasteiger partial charge in [-0.1, -0.05) is 92.0 Å². The molecule has 0 saturated carbocycles. The summed E-state index contributed by atoms with van der Waals surface area (Å²) in [5, 5.41) is 0.820. The standard InChI is InChI=1S/C22H38O2Si2/c1-21(2,3)25(7,8)19(23)15-17-13-11-12-14-18(17)16-20(24)26(9,10)22(4,5)6/h11-14H,15-16H2,1-10H3. The first kappa shape index (κ1) is 23.0. The summed E-state index contributed by atoms with van der Waals surface area (Å²) in [6.07, 6.45) is 0.912. The van der Waals surface area contributed by atoms with Gasteiger partial charge < -0.3 is 9.59 Å². The predicted molar refractivity (Wildman–Crippen MR) is 118 cm³/mol. The fourth-order valence-electron chi connectivity index (χ4n) is 2.53. The van der Waals surface area contributed by atoms with Crippen LogP contribution in [0, 0.1) is 0 Å². The first-order valence-corrected chi connectivity index (χ1v) is 15.6. The summed E-state index contributed by atoms with van der Waals surface area (Å²) in [7, 11) is -4.07. The van der Waals surface area contributed by atoms with Crippen LogP contribution < -0.4 is 0 Å². The molecule has 0 heterocycles. The molecule has 0 spiro atoms. The van der Waals surface area contributed by atoms with Crippen molar-refractivity contribution in [2.24, 2.45) is 0 Å². The van der Waals surface area contributed by atoms with Crippen molar-refractivity contribution in [3.8, 4) is 0 Å². The molecule has 0 aromatic heterocycles. The lowest BCUT2D eigenvalue weighted by Crippen LogP contribution is -2.48. The van der Waals surface area contributed by atoms with Crippen molar-refractivity contribution in [1.29, 1.82) is 0 Å². The molecule has 0 saturated heterocycles. The highest BCUT2D eigenvalue weighted by atomic mass is 28.3. The Hall–Kier alpha value is -1.01. The summed E-state index contributed by atoms with van der Waals surface area (Å²) in [5.41, 5.74) is 2.07. The van der Waals surface area contributed by atoms with E-state index in [1.165, 1.54) is 0 Å². The van der Waals surface area contributed by atoms with Crippen LogP contribution in [0.3, 0.4) is 0 Å². The van der Waals surface area contributed by atoms with E-state index in [1.807, 2.05) is 24.3 Å². The summed E-state index contributed by atoms with van der Waals surface area (Å²) in [5.74, 6) is 0. The van der Waals surface area contributed by atoms with Crippen molar-refractivity contribution in [3.63, 3.8) is 0 Å². The molecule has 146 valence electrons. The maximum atomic E-state index is 13.1. The van der Waals surface area contributed by atoms with E-state index in [-0.39, 0.29) is 10.1 Å². The first-order chi connectivity index (χ1) is 11.5. The monoisotopic (exact) mass is 390 g/mol. The highest BCUT2D eigenvalue weighted by molar-refractivity contribution is 7.06. The number of hydrogen-bond donors (Lipinski definition) is 0. The lowest BCUT2D eigenvalue weighted by molar-refractivity contribution is -0.113. The van der Waals surface area contributed by atoms with Crippen LogP contribution in [0.4, 0.5) is 0 Å². The van der Waals surface area contributed by atoms with E-state index in [4.69, 9.17) is 0 Å². The topological polar surface area (TPSA) is 34.1 Å². The summed E-state index contributed by atoms with van der Waals surface area (Å²) < 4.78 is 0. The molecule has 1 aromatic rings. The molecule has 2 nitrogen and oxygen atoms in total. The molecule has 1 rings (SSSR count). The third-order valence-electron chi connectivity index (χ3n) is 6.96. The molecule has 0 amide bonds. The highest BCUT2D eigenvalue weighted by Gasteiger charge is 2.43. The SMILES string of the molecule is CC(C)(C)[Si](C)(C)C(=O)Cc1ccccc1CC(=O)[Si](C)(C)C(C)(C)C. The van der Waals surface area contributed by atoms with E-state index in [2.05, 4.69) is 67.7 Å². The molecule has 0 fully saturated rings. The van der Waals surface area contributed by atoms with Gasteiger partial charge in [0.05, 0.1) is 0 Å². The van der Waals surface area contributed by atoms with Crippen LogP contribution in [0.15, 0.2) is 24.3 Å². The maximum absolute atomic E-state index is 13.1. The number of carbonyl (C=O) groups excluding carboxylic acids is 2. The summed E-state index contributed by atoms with van der Waals surface area (Å²) in [4.78, 5) is 26.1. The normalized spacial score (nSPS) is 13.6. The zero-order valence-electron chi connectivity index (χ0n) is 18.5. The fraction of sp³-hybridized carbons (Fsp3) is 0.636. The van der Waals surface area contributed by atoms with Gasteiger partial charge in [-0.25, -0.2) is 0 Å². The molecular formula is C22H38O2Si2. The van der Waals surface area contributed by atoms with Gasteiger partial charge in [0.2, 0.25) is 0 Å². The quantitative estimate of drug-likeness (QED) is 0.558. The summed E-state index contributed by atoms with van der Waals surface area (Å²) in [6, 6.07) is 8.02. The van der Waals surface area contributed by atoms with Crippen molar-refractivity contribution >= 4 is 27.0 Å². The predicted octanol–water partition coefficient (Wildman–Crippen LogP) is 6.01. The minimum Gasteiger partial charge on any atom is -0.305 e. The van der Waals surface area contributed by atoms with Gasteiger partial charge in [0.25, 0.3) is 0 Å². The Morgan fingerprint density at radius 3 is 1.19 bits per heavy atom. The van der Waals surface area contributed by atoms with Crippen molar-refractivity contribution in [1.82, 2.24) is 0 Å². The largest absolute Gasteiger partial charge is 0.305 e. The third kappa shape index (κ3) is 4.83. The lowest BCUT2D eigenvalue weighted by Gasteiger charge is -2.36. The molecule has 0 N–H and O–H groups in total. The van der Waals surface area contributed by atoms with Gasteiger partial charge in [-0.05, 0) is 21.2 Å². The van der Waals surface area contributed by atoms with Crippen LogP contribution in [0.1, 0.15) is 52.7 Å². The minimum atomic E-state index is -2.04. The van der Waals surface area contributed by atoms with Gasteiger partial charge in [-0.3, -0.25) is 0 Å². The van der Waals surface area contributed by atoms with Gasteiger partial charge in [0, 0.05) is 12.8 Å². The highest BCUT2D eigenvalue weighted by Crippen LogP contribution is 2.38. The molecule has 0 aliphatic rings. The maximum Gasteiger partial charge on any atom is 0.132 e. The minimum absolute atomic E-state index is 0.0377. The van der Waals surface area contributed by atoms with Gasteiger partial charge >= 0.3 is 0 Å². The average Bonchev–Trinajstić information content (AvgIpc) is 2.46. The van der Waals surface area contributed by atoms with Crippen molar-refractivity contribution in [2.75, 3.05) is 0 Å². The second-order valence-corrected chi connectivity index (χ2v) is 21.3. The van der Waals surface area contributed by atoms with Gasteiger partial charge in [-0.2, -0.15) is 0 Å². The molecule has 26 heavy (non-hydrogen) atoms. The van der Waals surface area contributed by atoms with Crippen molar-refractivity contribution in [3.05, 3.63) is 35.4 Å². The Morgan fingerprint density at radius 2 is 0.962 bits per heavy atom. The van der Waals surface area contributed by atoms with Crippen LogP contribution in [0.25, 0.3) is 0 Å². The summed E-state index contributed by atoms with van der Waals surface area (Å²) >= 11 is 0. The first-order valence-electron chi connectivity index (χ1n) is 9.65. The van der Waals surface area contributed by atoms with Crippen LogP contribution in [-0.4, -0.2) is 27.0 Å². The molecule has 4 heteroatoms. The van der Waals surface area contributed by atoms with Crippen LogP contribution in [0.5, 0.6) is 0 Å². The molecule has 0 unspecified atom stereocenters. The lowest BCUT2D eigenvalue weighted by atomic mass is 10.0. The number of benzene rings is 1. The van der Waals surface area contributed by atoms with Crippen LogP contribution in [-0.2, 0) is 22.4 Å². The zero-order valence-corrected chi connectivity index (χ0v) is 20.5. The van der Waals surface area contributed by atoms with E-state index < -0.39 is 16.1 Å². The molecule has 0 atom stereocenters. The van der Waals surface area contributed by atoms with Crippen LogP contribution >= 0.6 is 0 Å². The van der Waals surface area contributed by atoms with Crippen LogP contribution in [0.2, 0.25) is 36.3 Å². The van der Waals surface area contributed by atoms with Crippen molar-refractivity contribution < 1.29 is 9.59 Å². The average molecular weight is 391 g/mol. The Kier molecular flexibility index (Phi) is 6.69. The number of carbonyl (C=O) groups is 2. The van der Waals surface area contributed by atoms with Gasteiger partial charge in [0.15, 0.2) is 0 Å². The molecule has 0 aliphatic carbocycles. The Balaban J connectivity index is 3.10.